The molecule has 0 fully saturated rings. The maximum Gasteiger partial charge on any atom is 0.293 e. The average Bonchev–Trinajstić information content (AvgIpc) is 3.24. The van der Waals surface area contributed by atoms with Gasteiger partial charge in [0.1, 0.15) is 0 Å². The molecule has 0 saturated heterocycles. The van der Waals surface area contributed by atoms with E-state index >= 15 is 0 Å². The first-order valence-corrected chi connectivity index (χ1v) is 10.6. The van der Waals surface area contributed by atoms with Crippen LogP contribution in [0.1, 0.15) is 36.9 Å². The van der Waals surface area contributed by atoms with Crippen molar-refractivity contribution >= 4 is 16.9 Å². The second-order valence-corrected chi connectivity index (χ2v) is 8.34. The largest absolute Gasteiger partial charge is 0.445 e. The Labute approximate surface area is 198 Å². The van der Waals surface area contributed by atoms with Gasteiger partial charge >= 0.3 is 0 Å². The van der Waals surface area contributed by atoms with Crippen LogP contribution in [-0.2, 0) is 12.6 Å². The van der Waals surface area contributed by atoms with Crippen LogP contribution < -0.4 is 15.6 Å². The summed E-state index contributed by atoms with van der Waals surface area (Å²) in [6, 6.07) is 2.92. The number of ether oxygens (including phenoxy) is 1. The number of aryl methyl sites for hydroxylation is 1. The van der Waals surface area contributed by atoms with Gasteiger partial charge in [-0.25, -0.2) is 13.8 Å². The molecule has 0 aliphatic heterocycles. The molecule has 0 aromatic carbocycles. The minimum Gasteiger partial charge on any atom is -0.445 e. The van der Waals surface area contributed by atoms with E-state index in [9.17, 15) is 23.5 Å². The molecule has 0 spiro atoms. The Balaban J connectivity index is 2.00. The second kappa shape index (κ2) is 8.91. The third kappa shape index (κ3) is 4.50. The van der Waals surface area contributed by atoms with Crippen molar-refractivity contribution in [2.75, 3.05) is 6.54 Å². The lowest BCUT2D eigenvalue weighted by Crippen LogP contribution is -2.22. The molecule has 4 aromatic heterocycles. The Hall–Kier alpha value is -4.12. The second-order valence-electron chi connectivity index (χ2n) is 8.34. The Morgan fingerprint density at radius 2 is 1.89 bits per heavy atom. The SMILES string of the molecule is CCNC(=O)c1cc2c(-c3cc(C(C)(C)O)cnc3Oc3c(F)cncc3F)cn(C)c(=O)c2o1. The van der Waals surface area contributed by atoms with Crippen LogP contribution in [0.5, 0.6) is 11.6 Å². The van der Waals surface area contributed by atoms with E-state index in [0.717, 1.165) is 12.4 Å². The van der Waals surface area contributed by atoms with E-state index in [-0.39, 0.29) is 28.2 Å². The maximum atomic E-state index is 14.3. The molecule has 0 saturated carbocycles. The zero-order valence-electron chi connectivity index (χ0n) is 19.3. The first-order chi connectivity index (χ1) is 16.5. The van der Waals surface area contributed by atoms with E-state index in [1.165, 1.54) is 50.0 Å². The van der Waals surface area contributed by atoms with Crippen LogP contribution in [-0.4, -0.2) is 32.1 Å². The lowest BCUT2D eigenvalue weighted by atomic mass is 9.96. The molecule has 0 radical (unpaired) electrons. The number of carbonyl (C=O) groups excluding carboxylic acids is 1. The summed E-state index contributed by atoms with van der Waals surface area (Å²) in [5.74, 6) is -3.62. The van der Waals surface area contributed by atoms with Crippen LogP contribution in [0, 0.1) is 11.6 Å². The monoisotopic (exact) mass is 484 g/mol. The fourth-order valence-electron chi connectivity index (χ4n) is 3.46. The first kappa shape index (κ1) is 24.0. The highest BCUT2D eigenvalue weighted by atomic mass is 19.1. The number of pyridine rings is 3. The summed E-state index contributed by atoms with van der Waals surface area (Å²) in [5.41, 5.74) is -1.04. The lowest BCUT2D eigenvalue weighted by molar-refractivity contribution is 0.0781. The summed E-state index contributed by atoms with van der Waals surface area (Å²) >= 11 is 0. The number of nitrogens with zero attached hydrogens (tertiary/aromatic N) is 3. The van der Waals surface area contributed by atoms with Crippen molar-refractivity contribution in [1.29, 1.82) is 0 Å². The number of furan rings is 1. The minimum atomic E-state index is -1.32. The smallest absolute Gasteiger partial charge is 0.293 e. The average molecular weight is 484 g/mol. The standard InChI is InChI=1S/C24H22F2N4O5/c1-5-28-21(31)18-7-13-15(11-30(4)23(32)19(13)34-18)14-6-12(24(2,3)33)8-29-22(14)35-20-16(25)9-27-10-17(20)26/h6-11,33H,5H2,1-4H3,(H,28,31). The molecule has 35 heavy (non-hydrogen) atoms. The van der Waals surface area contributed by atoms with Gasteiger partial charge in [-0.3, -0.25) is 14.6 Å². The summed E-state index contributed by atoms with van der Waals surface area (Å²) in [5, 5.41) is 13.4. The molecule has 1 amide bonds. The van der Waals surface area contributed by atoms with Gasteiger partial charge in [0.25, 0.3) is 11.5 Å². The normalized spacial score (nSPS) is 11.6. The summed E-state index contributed by atoms with van der Waals surface area (Å²) in [4.78, 5) is 32.7. The number of hydrogen-bond acceptors (Lipinski definition) is 7. The summed E-state index contributed by atoms with van der Waals surface area (Å²) < 4.78 is 40.9. The van der Waals surface area contributed by atoms with Crippen LogP contribution in [0.15, 0.2) is 46.1 Å². The van der Waals surface area contributed by atoms with Crippen molar-refractivity contribution < 1.29 is 27.8 Å². The quantitative estimate of drug-likeness (QED) is 0.429. The van der Waals surface area contributed by atoms with Gasteiger partial charge in [-0.1, -0.05) is 0 Å². The van der Waals surface area contributed by atoms with Crippen molar-refractivity contribution in [3.05, 3.63) is 70.2 Å². The number of rotatable bonds is 6. The van der Waals surface area contributed by atoms with E-state index in [1.807, 2.05) is 0 Å². The third-order valence-corrected chi connectivity index (χ3v) is 5.28. The molecule has 0 unspecified atom stereocenters. The van der Waals surface area contributed by atoms with E-state index in [0.29, 0.717) is 17.7 Å². The highest BCUT2D eigenvalue weighted by Gasteiger charge is 2.25. The molecule has 11 heteroatoms. The summed E-state index contributed by atoms with van der Waals surface area (Å²) in [6.07, 6.45) is 4.36. The number of aromatic nitrogens is 3. The Bertz CT molecular complexity index is 1480. The predicted molar refractivity (Wildman–Crippen MR) is 122 cm³/mol. The number of carbonyl (C=O) groups is 1. The van der Waals surface area contributed by atoms with Crippen molar-refractivity contribution in [1.82, 2.24) is 19.9 Å². The third-order valence-electron chi connectivity index (χ3n) is 5.28. The number of nitrogens with one attached hydrogen (secondary N) is 1. The molecule has 0 atom stereocenters. The van der Waals surface area contributed by atoms with Crippen LogP contribution in [0.3, 0.4) is 0 Å². The number of halogens is 2. The van der Waals surface area contributed by atoms with Crippen molar-refractivity contribution in [3.63, 3.8) is 0 Å². The Morgan fingerprint density at radius 3 is 2.51 bits per heavy atom. The van der Waals surface area contributed by atoms with Gasteiger partial charge in [-0.05, 0) is 32.9 Å². The Morgan fingerprint density at radius 1 is 1.20 bits per heavy atom. The number of aliphatic hydroxyl groups is 1. The Kier molecular flexibility index (Phi) is 6.12. The molecule has 2 N–H and O–H groups in total. The lowest BCUT2D eigenvalue weighted by Gasteiger charge is -2.20. The molecule has 182 valence electrons. The maximum absolute atomic E-state index is 14.3. The molecular formula is C24H22F2N4O5. The van der Waals surface area contributed by atoms with Gasteiger partial charge in [-0.15, -0.1) is 0 Å². The first-order valence-electron chi connectivity index (χ1n) is 10.6. The zero-order chi connectivity index (χ0) is 25.5. The van der Waals surface area contributed by atoms with E-state index < -0.39 is 34.5 Å². The molecule has 4 heterocycles. The van der Waals surface area contributed by atoms with Gasteiger partial charge in [0.15, 0.2) is 17.4 Å². The fraction of sp³-hybridized carbons (Fsp3) is 0.250. The molecule has 0 aliphatic carbocycles. The van der Waals surface area contributed by atoms with Gasteiger partial charge in [0.2, 0.25) is 17.2 Å². The number of fused-ring (bicyclic) bond motifs is 1. The molecule has 0 aliphatic rings. The fourth-order valence-corrected chi connectivity index (χ4v) is 3.46. The predicted octanol–water partition coefficient (Wildman–Crippen LogP) is 3.64. The van der Waals surface area contributed by atoms with Crippen molar-refractivity contribution in [3.8, 4) is 22.8 Å². The topological polar surface area (TPSA) is 119 Å². The highest BCUT2D eigenvalue weighted by Crippen LogP contribution is 2.39. The van der Waals surface area contributed by atoms with Gasteiger partial charge in [0, 0.05) is 48.1 Å². The van der Waals surface area contributed by atoms with Crippen LogP contribution >= 0.6 is 0 Å². The van der Waals surface area contributed by atoms with Crippen LogP contribution in [0.25, 0.3) is 22.1 Å². The number of hydrogen-bond donors (Lipinski definition) is 2. The molecular weight excluding hydrogens is 462 g/mol. The zero-order valence-corrected chi connectivity index (χ0v) is 19.3. The minimum absolute atomic E-state index is 0.0910. The van der Waals surface area contributed by atoms with E-state index in [2.05, 4.69) is 15.3 Å². The molecule has 4 rings (SSSR count). The van der Waals surface area contributed by atoms with Crippen molar-refractivity contribution in [2.24, 2.45) is 7.05 Å². The highest BCUT2D eigenvalue weighted by molar-refractivity contribution is 6.01. The van der Waals surface area contributed by atoms with Crippen LogP contribution in [0.4, 0.5) is 8.78 Å². The molecule has 9 nitrogen and oxygen atoms in total. The molecule has 0 bridgehead atoms. The molecule has 4 aromatic rings. The number of amides is 1. The van der Waals surface area contributed by atoms with Gasteiger partial charge in [0.05, 0.1) is 18.0 Å². The van der Waals surface area contributed by atoms with Crippen molar-refractivity contribution in [2.45, 2.75) is 26.4 Å². The van der Waals surface area contributed by atoms with Gasteiger partial charge < -0.3 is 24.1 Å². The van der Waals surface area contributed by atoms with Crippen LogP contribution in [0.2, 0.25) is 0 Å². The van der Waals surface area contributed by atoms with E-state index in [4.69, 9.17) is 9.15 Å². The summed E-state index contributed by atoms with van der Waals surface area (Å²) in [6.45, 7) is 5.16. The van der Waals surface area contributed by atoms with E-state index in [1.54, 1.807) is 6.92 Å². The van der Waals surface area contributed by atoms with Gasteiger partial charge in [-0.2, -0.15) is 0 Å². The summed E-state index contributed by atoms with van der Waals surface area (Å²) in [7, 11) is 1.48.